The maximum atomic E-state index is 11.7. The molecule has 11 heteroatoms. The van der Waals surface area contributed by atoms with Crippen LogP contribution in [0, 0.1) is 0 Å². The van der Waals surface area contributed by atoms with Crippen LogP contribution in [0.4, 0.5) is 16.3 Å². The van der Waals surface area contributed by atoms with Crippen molar-refractivity contribution in [2.24, 2.45) is 0 Å². The number of nitrogens with zero attached hydrogens (tertiary/aromatic N) is 2. The number of nitrogens with one attached hydrogen (secondary N) is 3. The number of carbonyl (C=O) groups excluding carboxylic acids is 1. The monoisotopic (exact) mass is 324 g/mol. The Balaban J connectivity index is 1.53. The van der Waals surface area contributed by atoms with E-state index >= 15 is 0 Å². The van der Waals surface area contributed by atoms with Crippen molar-refractivity contribution in [2.45, 2.75) is 24.9 Å². The molecule has 3 atom stereocenters. The van der Waals surface area contributed by atoms with Crippen LogP contribution in [0.25, 0.3) is 0 Å². The molecule has 0 saturated carbocycles. The number of carbonyl (C=O) groups is 1. The molecule has 1 aliphatic heterocycles. The number of H-pyrrole nitrogens is 2. The van der Waals surface area contributed by atoms with E-state index in [-0.39, 0.29) is 24.5 Å². The quantitative estimate of drug-likeness (QED) is 0.481. The van der Waals surface area contributed by atoms with Crippen molar-refractivity contribution in [3.8, 4) is 0 Å². The fourth-order valence-corrected chi connectivity index (χ4v) is 2.21. The summed E-state index contributed by atoms with van der Waals surface area (Å²) in [6, 6.07) is 0. The summed E-state index contributed by atoms with van der Waals surface area (Å²) in [5.41, 5.74) is 5.12. The molecule has 3 rings (SSSR count). The van der Waals surface area contributed by atoms with Crippen molar-refractivity contribution < 1.29 is 19.4 Å². The minimum absolute atomic E-state index is 0.00178. The molecule has 2 aromatic rings. The van der Waals surface area contributed by atoms with Gasteiger partial charge >= 0.3 is 6.09 Å². The van der Waals surface area contributed by atoms with Gasteiger partial charge in [-0.1, -0.05) is 0 Å². The van der Waals surface area contributed by atoms with Crippen LogP contribution in [0.3, 0.4) is 0 Å². The van der Waals surface area contributed by atoms with Gasteiger partial charge in [0, 0.05) is 18.8 Å². The minimum atomic E-state index is -0.824. The highest BCUT2D eigenvalue weighted by Crippen LogP contribution is 2.23. The van der Waals surface area contributed by atoms with E-state index in [0.717, 1.165) is 0 Å². The molecule has 0 bridgehead atoms. The first-order valence-electron chi connectivity index (χ1n) is 6.86. The third-order valence-corrected chi connectivity index (χ3v) is 3.43. The van der Waals surface area contributed by atoms with Crippen molar-refractivity contribution in [3.05, 3.63) is 29.1 Å². The second-order valence-electron chi connectivity index (χ2n) is 5.03. The number of aliphatic hydroxyl groups is 1. The van der Waals surface area contributed by atoms with Gasteiger partial charge in [-0.3, -0.25) is 15.0 Å². The highest BCUT2D eigenvalue weighted by Gasteiger charge is 2.35. The summed E-state index contributed by atoms with van der Waals surface area (Å²) in [6.07, 6.45) is 1.75. The average molecular weight is 324 g/mol. The number of anilines is 2. The van der Waals surface area contributed by atoms with E-state index < -0.39 is 30.1 Å². The number of nitrogen functional groups attached to an aromatic ring is 1. The van der Waals surface area contributed by atoms with Crippen LogP contribution in [-0.2, 0) is 9.47 Å². The van der Waals surface area contributed by atoms with Gasteiger partial charge in [0.25, 0.3) is 5.56 Å². The fraction of sp³-hybridized carbons (Fsp3) is 0.417. The molecule has 6 N–H and O–H groups in total. The fourth-order valence-electron chi connectivity index (χ4n) is 2.21. The largest absolute Gasteiger partial charge is 0.446 e. The van der Waals surface area contributed by atoms with E-state index in [0.29, 0.717) is 0 Å². The number of imidazole rings is 1. The number of ether oxygens (including phenoxy) is 2. The molecule has 0 amide bonds. The van der Waals surface area contributed by atoms with E-state index in [4.69, 9.17) is 15.2 Å². The molecular weight excluding hydrogens is 308 g/mol. The second-order valence-corrected chi connectivity index (χ2v) is 5.03. The lowest BCUT2D eigenvalue weighted by molar-refractivity contribution is -0.0200. The van der Waals surface area contributed by atoms with Crippen molar-refractivity contribution in [1.82, 2.24) is 19.7 Å². The lowest BCUT2D eigenvalue weighted by Gasteiger charge is -2.15. The summed E-state index contributed by atoms with van der Waals surface area (Å²) in [5.74, 6) is 0.281. The summed E-state index contributed by atoms with van der Waals surface area (Å²) in [6.45, 7) is -0.116. The van der Waals surface area contributed by atoms with Gasteiger partial charge < -0.3 is 25.6 Å². The summed E-state index contributed by atoms with van der Waals surface area (Å²) < 4.78 is 11.8. The number of hydrogen-bond donors (Lipinski definition) is 5. The molecule has 0 aliphatic carbocycles. The van der Waals surface area contributed by atoms with E-state index in [2.05, 4.69) is 20.5 Å². The van der Waals surface area contributed by atoms with Gasteiger partial charge in [-0.05, 0) is 0 Å². The molecule has 1 saturated heterocycles. The third kappa shape index (κ3) is 3.19. The van der Waals surface area contributed by atoms with Crippen LogP contribution >= 0.6 is 0 Å². The second kappa shape index (κ2) is 6.14. The van der Waals surface area contributed by atoms with Crippen LogP contribution in [0.2, 0.25) is 0 Å². The lowest BCUT2D eigenvalue weighted by atomic mass is 10.2. The Hall–Kier alpha value is -2.79. The van der Waals surface area contributed by atoms with E-state index in [1.807, 2.05) is 0 Å². The van der Waals surface area contributed by atoms with Gasteiger partial charge in [0.05, 0.1) is 6.10 Å². The normalized spacial score (nSPS) is 23.8. The van der Waals surface area contributed by atoms with Gasteiger partial charge in [-0.2, -0.15) is 0 Å². The maximum absolute atomic E-state index is 11.7. The Morgan fingerprint density at radius 2 is 2.43 bits per heavy atom. The SMILES string of the molecule is Nc1c(NC2CC(O)C(COC(=O)n3ccnc3)O2)[nH][nH]c1=O. The Bertz CT molecular complexity index is 723. The lowest BCUT2D eigenvalue weighted by Crippen LogP contribution is -2.29. The smallest absolute Gasteiger partial charge is 0.419 e. The van der Waals surface area contributed by atoms with Crippen molar-refractivity contribution in [1.29, 1.82) is 0 Å². The van der Waals surface area contributed by atoms with E-state index in [9.17, 15) is 14.7 Å². The molecule has 0 spiro atoms. The van der Waals surface area contributed by atoms with E-state index in [1.54, 1.807) is 0 Å². The van der Waals surface area contributed by atoms with Crippen LogP contribution < -0.4 is 16.6 Å². The molecule has 124 valence electrons. The number of aliphatic hydroxyl groups excluding tert-OH is 1. The van der Waals surface area contributed by atoms with Gasteiger partial charge in [-0.15, -0.1) is 0 Å². The predicted octanol–water partition coefficient (Wildman–Crippen LogP) is -0.946. The molecule has 2 aromatic heterocycles. The summed E-state index contributed by atoms with van der Waals surface area (Å²) in [7, 11) is 0. The van der Waals surface area contributed by atoms with Crippen LogP contribution in [-0.4, -0.2) is 56.0 Å². The van der Waals surface area contributed by atoms with Gasteiger partial charge in [-0.25, -0.2) is 14.3 Å². The van der Waals surface area contributed by atoms with Gasteiger partial charge in [0.2, 0.25) is 0 Å². The standard InChI is InChI=1S/C12H16N6O5/c13-9-10(16-17-11(9)20)15-8-3-6(19)7(23-8)4-22-12(21)18-2-1-14-5-18/h1-2,5-8,19H,3-4,13H2,(H3,15,16,17,20). The number of hydrogen-bond acceptors (Lipinski definition) is 8. The molecule has 23 heavy (non-hydrogen) atoms. The Kier molecular flexibility index (Phi) is 4.04. The highest BCUT2D eigenvalue weighted by atomic mass is 16.6. The van der Waals surface area contributed by atoms with Gasteiger partial charge in [0.1, 0.15) is 36.8 Å². The number of aromatic nitrogens is 4. The Labute approximate surface area is 129 Å². The zero-order chi connectivity index (χ0) is 16.4. The maximum Gasteiger partial charge on any atom is 0.419 e. The van der Waals surface area contributed by atoms with Gasteiger partial charge in [0.15, 0.2) is 0 Å². The molecule has 1 fully saturated rings. The molecule has 3 unspecified atom stereocenters. The zero-order valence-electron chi connectivity index (χ0n) is 11.9. The molecule has 11 nitrogen and oxygen atoms in total. The first kappa shape index (κ1) is 15.1. The number of aromatic amines is 2. The first-order valence-corrected chi connectivity index (χ1v) is 6.86. The first-order chi connectivity index (χ1) is 11.0. The van der Waals surface area contributed by atoms with Crippen LogP contribution in [0.1, 0.15) is 6.42 Å². The summed E-state index contributed by atoms with van der Waals surface area (Å²) >= 11 is 0. The molecular formula is C12H16N6O5. The molecule has 1 aliphatic rings. The van der Waals surface area contributed by atoms with Crippen LogP contribution in [0.15, 0.2) is 23.5 Å². The Morgan fingerprint density at radius 3 is 3.09 bits per heavy atom. The predicted molar refractivity (Wildman–Crippen MR) is 77.7 cm³/mol. The summed E-state index contributed by atoms with van der Waals surface area (Å²) in [4.78, 5) is 26.6. The van der Waals surface area contributed by atoms with Crippen molar-refractivity contribution in [2.75, 3.05) is 17.7 Å². The Morgan fingerprint density at radius 1 is 1.61 bits per heavy atom. The molecule has 3 heterocycles. The number of nitrogens with two attached hydrogens (primary N) is 1. The minimum Gasteiger partial charge on any atom is -0.446 e. The van der Waals surface area contributed by atoms with Crippen molar-refractivity contribution >= 4 is 17.6 Å². The highest BCUT2D eigenvalue weighted by molar-refractivity contribution is 5.69. The number of rotatable bonds is 4. The van der Waals surface area contributed by atoms with Crippen molar-refractivity contribution in [3.63, 3.8) is 0 Å². The molecule has 0 aromatic carbocycles. The van der Waals surface area contributed by atoms with E-state index in [1.165, 1.54) is 23.3 Å². The third-order valence-electron chi connectivity index (χ3n) is 3.43. The average Bonchev–Trinajstić information content (AvgIpc) is 3.23. The topological polar surface area (TPSA) is 160 Å². The van der Waals surface area contributed by atoms with Crippen LogP contribution in [0.5, 0.6) is 0 Å². The summed E-state index contributed by atoms with van der Waals surface area (Å²) in [5, 5.41) is 17.7. The molecule has 0 radical (unpaired) electrons. The zero-order valence-corrected chi connectivity index (χ0v) is 11.9.